The average molecular weight is 369 g/mol. The molecule has 2 aromatic carbocycles. The van der Waals surface area contributed by atoms with Crippen molar-refractivity contribution in [3.05, 3.63) is 59.2 Å². The highest BCUT2D eigenvalue weighted by Gasteiger charge is 2.30. The highest BCUT2D eigenvalue weighted by Crippen LogP contribution is 2.29. The molecule has 0 aliphatic rings. The summed E-state index contributed by atoms with van der Waals surface area (Å²) in [5.74, 6) is 0.160. The van der Waals surface area contributed by atoms with Gasteiger partial charge in [0.05, 0.1) is 0 Å². The minimum absolute atomic E-state index is 0.160. The van der Waals surface area contributed by atoms with Gasteiger partial charge in [0.1, 0.15) is 0 Å². The van der Waals surface area contributed by atoms with Crippen molar-refractivity contribution in [2.75, 3.05) is 17.7 Å². The van der Waals surface area contributed by atoms with Gasteiger partial charge in [0, 0.05) is 23.8 Å². The van der Waals surface area contributed by atoms with Gasteiger partial charge in [-0.1, -0.05) is 45.9 Å². The number of rotatable bonds is 6. The molecule has 0 aromatic heterocycles. The van der Waals surface area contributed by atoms with E-state index in [9.17, 15) is 4.79 Å². The van der Waals surface area contributed by atoms with Crippen molar-refractivity contribution < 1.29 is 4.79 Å². The van der Waals surface area contributed by atoms with Crippen LogP contribution < -0.4 is 10.6 Å². The van der Waals surface area contributed by atoms with E-state index in [0.29, 0.717) is 0 Å². The maximum atomic E-state index is 13.0. The molecule has 0 saturated heterocycles. The molecule has 2 N–H and O–H groups in total. The molecule has 0 bridgehead atoms. The number of aryl methyl sites for hydroxylation is 3. The van der Waals surface area contributed by atoms with Gasteiger partial charge >= 0.3 is 0 Å². The van der Waals surface area contributed by atoms with Crippen molar-refractivity contribution in [2.45, 2.75) is 60.8 Å². The lowest BCUT2D eigenvalue weighted by Gasteiger charge is -2.30. The zero-order chi connectivity index (χ0) is 20.6. The summed E-state index contributed by atoms with van der Waals surface area (Å²) in [7, 11) is 1.87. The lowest BCUT2D eigenvalue weighted by atomic mass is 9.85. The topological polar surface area (TPSA) is 46.3 Å². The van der Waals surface area contributed by atoms with Crippen molar-refractivity contribution >= 4 is 17.3 Å². The maximum Gasteiger partial charge on any atom is 0.232 e. The molecule has 2 rings (SSSR count). The Labute approximate surface area is 165 Å². The van der Waals surface area contributed by atoms with Crippen LogP contribution in [-0.2, 0) is 11.2 Å². The zero-order valence-corrected chi connectivity index (χ0v) is 18.1. The van der Waals surface area contributed by atoms with Crippen molar-refractivity contribution in [3.8, 4) is 0 Å². The standard InChI is InChI=1S/C22H30N2O.C2H6/c1-16-8-13-20(15-17(16)2)24(5)21(25)22(3,4)14-6-7-18-9-11-19(23)12-10-18;1-2/h8-13,15H,6-7,14,23H2,1-5H3;1-2H3. The summed E-state index contributed by atoms with van der Waals surface area (Å²) in [6.45, 7) is 12.2. The molecule has 0 fully saturated rings. The van der Waals surface area contributed by atoms with Gasteiger partial charge in [-0.05, 0) is 74.1 Å². The van der Waals surface area contributed by atoms with E-state index >= 15 is 0 Å². The highest BCUT2D eigenvalue weighted by molar-refractivity contribution is 5.96. The Morgan fingerprint density at radius 3 is 2.15 bits per heavy atom. The van der Waals surface area contributed by atoms with Gasteiger partial charge in [-0.15, -0.1) is 0 Å². The first-order valence-electron chi connectivity index (χ1n) is 9.90. The first-order chi connectivity index (χ1) is 12.7. The van der Waals surface area contributed by atoms with Gasteiger partial charge in [0.25, 0.3) is 0 Å². The molecule has 1 amide bonds. The Morgan fingerprint density at radius 1 is 1.00 bits per heavy atom. The van der Waals surface area contributed by atoms with Crippen LogP contribution in [0.1, 0.15) is 57.2 Å². The van der Waals surface area contributed by atoms with E-state index in [1.165, 1.54) is 16.7 Å². The first kappa shape index (κ1) is 22.8. The third kappa shape index (κ3) is 6.42. The van der Waals surface area contributed by atoms with Gasteiger partial charge in [0.2, 0.25) is 5.91 Å². The summed E-state index contributed by atoms with van der Waals surface area (Å²) in [5.41, 5.74) is 10.8. The number of amides is 1. The van der Waals surface area contributed by atoms with Crippen molar-refractivity contribution in [1.29, 1.82) is 0 Å². The molecular weight excluding hydrogens is 332 g/mol. The zero-order valence-electron chi connectivity index (χ0n) is 18.1. The van der Waals surface area contributed by atoms with Gasteiger partial charge in [0.15, 0.2) is 0 Å². The Balaban J connectivity index is 0.00000176. The number of benzene rings is 2. The largest absolute Gasteiger partial charge is 0.399 e. The molecule has 0 heterocycles. The molecule has 2 aromatic rings. The fourth-order valence-electron chi connectivity index (χ4n) is 3.03. The number of nitrogens with zero attached hydrogens (tertiary/aromatic N) is 1. The lowest BCUT2D eigenvalue weighted by molar-refractivity contribution is -0.126. The van der Waals surface area contributed by atoms with Crippen LogP contribution >= 0.6 is 0 Å². The predicted molar refractivity (Wildman–Crippen MR) is 118 cm³/mol. The first-order valence-corrected chi connectivity index (χ1v) is 9.90. The van der Waals surface area contributed by atoms with Gasteiger partial charge in [-0.2, -0.15) is 0 Å². The predicted octanol–water partition coefficient (Wildman–Crippen LogP) is 5.92. The second-order valence-electron chi connectivity index (χ2n) is 7.61. The van der Waals surface area contributed by atoms with Crippen LogP contribution in [0.2, 0.25) is 0 Å². The van der Waals surface area contributed by atoms with Gasteiger partial charge in [-0.25, -0.2) is 0 Å². The summed E-state index contributed by atoms with van der Waals surface area (Å²) >= 11 is 0. The average Bonchev–Trinajstić information content (AvgIpc) is 2.66. The normalized spacial score (nSPS) is 10.8. The van der Waals surface area contributed by atoms with E-state index in [4.69, 9.17) is 5.73 Å². The number of anilines is 2. The molecule has 0 atom stereocenters. The van der Waals surface area contributed by atoms with Crippen LogP contribution in [0.4, 0.5) is 11.4 Å². The molecule has 0 aliphatic carbocycles. The number of carbonyl (C=O) groups excluding carboxylic acids is 1. The second kappa shape index (κ2) is 10.1. The summed E-state index contributed by atoms with van der Waals surface area (Å²) in [6.07, 6.45) is 2.79. The number of nitrogens with two attached hydrogens (primary N) is 1. The van der Waals surface area contributed by atoms with E-state index in [0.717, 1.165) is 30.6 Å². The molecule has 3 nitrogen and oxygen atoms in total. The molecule has 0 saturated carbocycles. The summed E-state index contributed by atoms with van der Waals surface area (Å²) in [5, 5.41) is 0. The molecule has 0 radical (unpaired) electrons. The van der Waals surface area contributed by atoms with Crippen LogP contribution in [0.15, 0.2) is 42.5 Å². The summed E-state index contributed by atoms with van der Waals surface area (Å²) in [6, 6.07) is 14.2. The van der Waals surface area contributed by atoms with E-state index in [-0.39, 0.29) is 11.3 Å². The Hall–Kier alpha value is -2.29. The smallest absolute Gasteiger partial charge is 0.232 e. The van der Waals surface area contributed by atoms with Gasteiger partial charge < -0.3 is 10.6 Å². The molecule has 0 aliphatic heterocycles. The Morgan fingerprint density at radius 2 is 1.59 bits per heavy atom. The molecule has 0 spiro atoms. The molecule has 27 heavy (non-hydrogen) atoms. The van der Waals surface area contributed by atoms with Crippen LogP contribution in [0.3, 0.4) is 0 Å². The molecule has 148 valence electrons. The van der Waals surface area contributed by atoms with E-state index < -0.39 is 0 Å². The number of nitrogen functional groups attached to an aromatic ring is 1. The number of hydrogen-bond acceptors (Lipinski definition) is 2. The van der Waals surface area contributed by atoms with E-state index in [2.05, 4.69) is 38.1 Å². The van der Waals surface area contributed by atoms with Crippen molar-refractivity contribution in [3.63, 3.8) is 0 Å². The monoisotopic (exact) mass is 368 g/mol. The van der Waals surface area contributed by atoms with Gasteiger partial charge in [-0.3, -0.25) is 4.79 Å². The van der Waals surface area contributed by atoms with E-state index in [1.54, 1.807) is 4.90 Å². The minimum Gasteiger partial charge on any atom is -0.399 e. The van der Waals surface area contributed by atoms with Crippen LogP contribution in [-0.4, -0.2) is 13.0 Å². The lowest BCUT2D eigenvalue weighted by Crippen LogP contribution is -2.38. The van der Waals surface area contributed by atoms with Crippen molar-refractivity contribution in [1.82, 2.24) is 0 Å². The Kier molecular flexibility index (Phi) is 8.55. The van der Waals surface area contributed by atoms with Crippen LogP contribution in [0.5, 0.6) is 0 Å². The SMILES string of the molecule is CC.Cc1ccc(N(C)C(=O)C(C)(C)CCCc2ccc(N)cc2)cc1C. The number of carbonyl (C=O) groups is 1. The molecular formula is C24H36N2O. The van der Waals surface area contributed by atoms with Crippen molar-refractivity contribution in [2.24, 2.45) is 5.41 Å². The van der Waals surface area contributed by atoms with Crippen LogP contribution in [0.25, 0.3) is 0 Å². The van der Waals surface area contributed by atoms with E-state index in [1.807, 2.05) is 52.9 Å². The fourth-order valence-corrected chi connectivity index (χ4v) is 3.03. The summed E-state index contributed by atoms with van der Waals surface area (Å²) < 4.78 is 0. The highest BCUT2D eigenvalue weighted by atomic mass is 16.2. The summed E-state index contributed by atoms with van der Waals surface area (Å²) in [4.78, 5) is 14.7. The number of hydrogen-bond donors (Lipinski definition) is 1. The fraction of sp³-hybridized carbons (Fsp3) is 0.458. The molecule has 3 heteroatoms. The Bertz CT molecular complexity index is 733. The quantitative estimate of drug-likeness (QED) is 0.643. The second-order valence-corrected chi connectivity index (χ2v) is 7.61. The van der Waals surface area contributed by atoms with Crippen LogP contribution in [0, 0.1) is 19.3 Å². The third-order valence-electron chi connectivity index (χ3n) is 5.01. The third-order valence-corrected chi connectivity index (χ3v) is 5.01. The molecule has 0 unspecified atom stereocenters. The maximum absolute atomic E-state index is 13.0. The minimum atomic E-state index is -0.388.